The maximum absolute atomic E-state index is 12.0. The summed E-state index contributed by atoms with van der Waals surface area (Å²) < 4.78 is 5.59. The fourth-order valence-electron chi connectivity index (χ4n) is 2.51. The molecular formula is C16H23ClN2O2. The van der Waals surface area contributed by atoms with E-state index in [4.69, 9.17) is 16.3 Å². The average molecular weight is 311 g/mol. The van der Waals surface area contributed by atoms with Gasteiger partial charge in [-0.3, -0.25) is 4.79 Å². The third-order valence-electron chi connectivity index (χ3n) is 3.73. The van der Waals surface area contributed by atoms with E-state index in [0.29, 0.717) is 23.2 Å². The molecule has 1 saturated heterocycles. The highest BCUT2D eigenvalue weighted by Gasteiger charge is 2.16. The zero-order chi connectivity index (χ0) is 15.1. The van der Waals surface area contributed by atoms with Crippen LogP contribution in [-0.2, 0) is 4.79 Å². The first kappa shape index (κ1) is 16.1. The Labute approximate surface area is 131 Å². The minimum atomic E-state index is -0.520. The second-order valence-electron chi connectivity index (χ2n) is 5.51. The van der Waals surface area contributed by atoms with Gasteiger partial charge in [-0.25, -0.2) is 0 Å². The molecule has 1 aromatic carbocycles. The van der Waals surface area contributed by atoms with Crippen molar-refractivity contribution >= 4 is 17.5 Å². The highest BCUT2D eigenvalue weighted by molar-refractivity contribution is 6.30. The van der Waals surface area contributed by atoms with Crippen LogP contribution < -0.4 is 15.4 Å². The first-order valence-electron chi connectivity index (χ1n) is 7.56. The Morgan fingerprint density at radius 1 is 1.57 bits per heavy atom. The predicted octanol–water partition coefficient (Wildman–Crippen LogP) is 2.61. The zero-order valence-corrected chi connectivity index (χ0v) is 13.2. The van der Waals surface area contributed by atoms with Crippen molar-refractivity contribution in [1.82, 2.24) is 10.6 Å². The molecule has 1 fully saturated rings. The van der Waals surface area contributed by atoms with Crippen LogP contribution in [0, 0.1) is 5.92 Å². The predicted molar refractivity (Wildman–Crippen MR) is 84.8 cm³/mol. The smallest absolute Gasteiger partial charge is 0.260 e. The third kappa shape index (κ3) is 5.56. The molecule has 0 aliphatic carbocycles. The standard InChI is InChI=1S/C16H23ClN2O2/c1-12(21-15-6-2-5-14(17)10-15)16(20)19-9-7-13-4-3-8-18-11-13/h2,5-6,10,12-13,18H,3-4,7-9,11H2,1H3,(H,19,20). The number of hydrogen-bond acceptors (Lipinski definition) is 3. The van der Waals surface area contributed by atoms with Gasteiger partial charge in [0, 0.05) is 11.6 Å². The van der Waals surface area contributed by atoms with E-state index >= 15 is 0 Å². The summed E-state index contributed by atoms with van der Waals surface area (Å²) in [5, 5.41) is 6.93. The van der Waals surface area contributed by atoms with E-state index in [1.807, 2.05) is 0 Å². The van der Waals surface area contributed by atoms with Crippen LogP contribution in [0.15, 0.2) is 24.3 Å². The van der Waals surface area contributed by atoms with Crippen molar-refractivity contribution < 1.29 is 9.53 Å². The largest absolute Gasteiger partial charge is 0.481 e. The Kier molecular flexibility index (Phi) is 6.33. The molecule has 21 heavy (non-hydrogen) atoms. The van der Waals surface area contributed by atoms with Crippen LogP contribution in [0.1, 0.15) is 26.2 Å². The Morgan fingerprint density at radius 2 is 2.43 bits per heavy atom. The molecule has 2 rings (SSSR count). The van der Waals surface area contributed by atoms with Crippen LogP contribution in [0.4, 0.5) is 0 Å². The Balaban J connectivity index is 1.69. The summed E-state index contributed by atoms with van der Waals surface area (Å²) in [6.07, 6.45) is 2.97. The molecule has 2 N–H and O–H groups in total. The number of piperidine rings is 1. The lowest BCUT2D eigenvalue weighted by Gasteiger charge is -2.23. The average Bonchev–Trinajstić information content (AvgIpc) is 2.48. The summed E-state index contributed by atoms with van der Waals surface area (Å²) in [4.78, 5) is 12.0. The van der Waals surface area contributed by atoms with Gasteiger partial charge >= 0.3 is 0 Å². The molecule has 0 aromatic heterocycles. The second kappa shape index (κ2) is 8.25. The van der Waals surface area contributed by atoms with E-state index in [0.717, 1.165) is 19.5 Å². The maximum Gasteiger partial charge on any atom is 0.260 e. The van der Waals surface area contributed by atoms with Crippen LogP contribution in [0.2, 0.25) is 5.02 Å². The Hall–Kier alpha value is -1.26. The van der Waals surface area contributed by atoms with Gasteiger partial charge in [0.1, 0.15) is 5.75 Å². The number of halogens is 1. The van der Waals surface area contributed by atoms with Gasteiger partial charge in [0.05, 0.1) is 0 Å². The summed E-state index contributed by atoms with van der Waals surface area (Å²) in [7, 11) is 0. The topological polar surface area (TPSA) is 50.4 Å². The van der Waals surface area contributed by atoms with Crippen molar-refractivity contribution in [2.75, 3.05) is 19.6 Å². The summed E-state index contributed by atoms with van der Waals surface area (Å²) in [6, 6.07) is 7.08. The summed E-state index contributed by atoms with van der Waals surface area (Å²) in [6.45, 7) is 4.63. The van der Waals surface area contributed by atoms with Crippen molar-refractivity contribution in [3.8, 4) is 5.75 Å². The number of carbonyl (C=O) groups is 1. The number of benzene rings is 1. The minimum absolute atomic E-state index is 0.0845. The molecule has 2 unspecified atom stereocenters. The Bertz CT molecular complexity index is 461. The first-order valence-corrected chi connectivity index (χ1v) is 7.93. The molecule has 0 bridgehead atoms. The minimum Gasteiger partial charge on any atom is -0.481 e. The van der Waals surface area contributed by atoms with Gasteiger partial charge in [-0.1, -0.05) is 17.7 Å². The van der Waals surface area contributed by atoms with Crippen molar-refractivity contribution in [3.63, 3.8) is 0 Å². The fourth-order valence-corrected chi connectivity index (χ4v) is 2.69. The number of nitrogens with one attached hydrogen (secondary N) is 2. The van der Waals surface area contributed by atoms with E-state index in [1.165, 1.54) is 12.8 Å². The SMILES string of the molecule is CC(Oc1cccc(Cl)c1)C(=O)NCCC1CCCNC1. The molecular weight excluding hydrogens is 288 g/mol. The van der Waals surface area contributed by atoms with Crippen LogP contribution in [0.3, 0.4) is 0 Å². The maximum atomic E-state index is 12.0. The monoisotopic (exact) mass is 310 g/mol. The van der Waals surface area contributed by atoms with Crippen molar-refractivity contribution in [1.29, 1.82) is 0 Å². The van der Waals surface area contributed by atoms with Gasteiger partial charge < -0.3 is 15.4 Å². The van der Waals surface area contributed by atoms with Gasteiger partial charge in [-0.15, -0.1) is 0 Å². The molecule has 4 nitrogen and oxygen atoms in total. The molecule has 1 amide bonds. The Morgan fingerprint density at radius 3 is 3.14 bits per heavy atom. The first-order chi connectivity index (χ1) is 10.1. The summed E-state index contributed by atoms with van der Waals surface area (Å²) >= 11 is 5.89. The summed E-state index contributed by atoms with van der Waals surface area (Å²) in [5.41, 5.74) is 0. The number of ether oxygens (including phenoxy) is 1. The van der Waals surface area contributed by atoms with Gasteiger partial charge in [0.2, 0.25) is 0 Å². The lowest BCUT2D eigenvalue weighted by Crippen LogP contribution is -2.38. The van der Waals surface area contributed by atoms with Gasteiger partial charge in [0.25, 0.3) is 5.91 Å². The lowest BCUT2D eigenvalue weighted by molar-refractivity contribution is -0.127. The van der Waals surface area contributed by atoms with Crippen LogP contribution >= 0.6 is 11.6 Å². The van der Waals surface area contributed by atoms with Gasteiger partial charge in [-0.2, -0.15) is 0 Å². The molecule has 2 atom stereocenters. The van der Waals surface area contributed by atoms with E-state index in [-0.39, 0.29) is 5.91 Å². The number of rotatable bonds is 6. The second-order valence-corrected chi connectivity index (χ2v) is 5.95. The lowest BCUT2D eigenvalue weighted by atomic mass is 9.96. The van der Waals surface area contributed by atoms with Crippen molar-refractivity contribution in [2.24, 2.45) is 5.92 Å². The van der Waals surface area contributed by atoms with Crippen LogP contribution in [0.5, 0.6) is 5.75 Å². The number of carbonyl (C=O) groups excluding carboxylic acids is 1. The van der Waals surface area contributed by atoms with Crippen molar-refractivity contribution in [2.45, 2.75) is 32.3 Å². The molecule has 1 aromatic rings. The van der Waals surface area contributed by atoms with E-state index in [2.05, 4.69) is 10.6 Å². The van der Waals surface area contributed by atoms with Crippen molar-refractivity contribution in [3.05, 3.63) is 29.3 Å². The number of amides is 1. The van der Waals surface area contributed by atoms with E-state index in [9.17, 15) is 4.79 Å². The van der Waals surface area contributed by atoms with Gasteiger partial charge in [-0.05, 0) is 63.4 Å². The third-order valence-corrected chi connectivity index (χ3v) is 3.96. The fraction of sp³-hybridized carbons (Fsp3) is 0.562. The zero-order valence-electron chi connectivity index (χ0n) is 12.4. The molecule has 116 valence electrons. The molecule has 1 aliphatic heterocycles. The quantitative estimate of drug-likeness (QED) is 0.849. The molecule has 0 radical (unpaired) electrons. The normalized spacial score (nSPS) is 19.8. The summed E-state index contributed by atoms with van der Waals surface area (Å²) in [5.74, 6) is 1.20. The highest BCUT2D eigenvalue weighted by Crippen LogP contribution is 2.18. The molecule has 1 aliphatic rings. The van der Waals surface area contributed by atoms with E-state index in [1.54, 1.807) is 31.2 Å². The molecule has 5 heteroatoms. The highest BCUT2D eigenvalue weighted by atomic mass is 35.5. The molecule has 0 saturated carbocycles. The number of hydrogen-bond donors (Lipinski definition) is 2. The molecule has 1 heterocycles. The van der Waals surface area contributed by atoms with Crippen LogP contribution in [-0.4, -0.2) is 31.6 Å². The van der Waals surface area contributed by atoms with Gasteiger partial charge in [0.15, 0.2) is 6.10 Å². The van der Waals surface area contributed by atoms with Crippen LogP contribution in [0.25, 0.3) is 0 Å². The van der Waals surface area contributed by atoms with E-state index < -0.39 is 6.10 Å². The molecule has 0 spiro atoms.